The number of carbonyl (C=O) groups is 1. The SMILES string of the molecule is CCC(CCCl)NC(=O)C1CCC(C(F)(F)F)CC1. The normalized spacial score (nSPS) is 25.9. The first-order chi connectivity index (χ1) is 8.88. The lowest BCUT2D eigenvalue weighted by Crippen LogP contribution is -2.41. The number of hydrogen-bond donors (Lipinski definition) is 1. The van der Waals surface area contributed by atoms with Gasteiger partial charge in [-0.05, 0) is 38.5 Å². The van der Waals surface area contributed by atoms with E-state index in [2.05, 4.69) is 5.32 Å². The summed E-state index contributed by atoms with van der Waals surface area (Å²) in [6.45, 7) is 1.96. The van der Waals surface area contributed by atoms with Crippen LogP contribution in [0.15, 0.2) is 0 Å². The number of nitrogens with one attached hydrogen (secondary N) is 1. The van der Waals surface area contributed by atoms with E-state index in [1.54, 1.807) is 0 Å². The van der Waals surface area contributed by atoms with E-state index in [0.717, 1.165) is 6.42 Å². The Bertz CT molecular complexity index is 288. The van der Waals surface area contributed by atoms with Crippen molar-refractivity contribution in [2.45, 2.75) is 57.7 Å². The summed E-state index contributed by atoms with van der Waals surface area (Å²) < 4.78 is 37.6. The zero-order valence-corrected chi connectivity index (χ0v) is 11.9. The van der Waals surface area contributed by atoms with Gasteiger partial charge in [-0.1, -0.05) is 6.92 Å². The van der Waals surface area contributed by atoms with Crippen molar-refractivity contribution in [3.63, 3.8) is 0 Å². The summed E-state index contributed by atoms with van der Waals surface area (Å²) in [5, 5.41) is 2.89. The van der Waals surface area contributed by atoms with Gasteiger partial charge in [0.15, 0.2) is 0 Å². The van der Waals surface area contributed by atoms with Gasteiger partial charge in [0, 0.05) is 17.8 Å². The van der Waals surface area contributed by atoms with E-state index in [9.17, 15) is 18.0 Å². The molecule has 1 amide bonds. The maximum Gasteiger partial charge on any atom is 0.391 e. The second-order valence-corrected chi connectivity index (χ2v) is 5.56. The van der Waals surface area contributed by atoms with Gasteiger partial charge >= 0.3 is 6.18 Å². The first-order valence-corrected chi connectivity index (χ1v) is 7.35. The quantitative estimate of drug-likeness (QED) is 0.767. The molecule has 1 atom stereocenters. The summed E-state index contributed by atoms with van der Waals surface area (Å²) in [6, 6.07) is 0.0327. The summed E-state index contributed by atoms with van der Waals surface area (Å²) in [5.74, 6) is -1.15. The Morgan fingerprint density at radius 2 is 1.89 bits per heavy atom. The molecular weight excluding hydrogens is 279 g/mol. The Morgan fingerprint density at radius 3 is 2.32 bits per heavy atom. The van der Waals surface area contributed by atoms with Crippen LogP contribution in [0.5, 0.6) is 0 Å². The molecular formula is C13H21ClF3NO. The smallest absolute Gasteiger partial charge is 0.353 e. The van der Waals surface area contributed by atoms with Gasteiger partial charge < -0.3 is 5.32 Å². The van der Waals surface area contributed by atoms with Crippen molar-refractivity contribution >= 4 is 17.5 Å². The molecule has 1 saturated carbocycles. The Balaban J connectivity index is 2.40. The van der Waals surface area contributed by atoms with Crippen LogP contribution in [-0.2, 0) is 4.79 Å². The molecule has 1 rings (SSSR count). The second kappa shape index (κ2) is 7.36. The van der Waals surface area contributed by atoms with E-state index in [1.807, 2.05) is 6.92 Å². The van der Waals surface area contributed by atoms with E-state index >= 15 is 0 Å². The van der Waals surface area contributed by atoms with Crippen molar-refractivity contribution in [2.75, 3.05) is 5.88 Å². The molecule has 0 bridgehead atoms. The first kappa shape index (κ1) is 16.6. The lowest BCUT2D eigenvalue weighted by molar-refractivity contribution is -0.184. The molecule has 1 aliphatic carbocycles. The zero-order chi connectivity index (χ0) is 14.5. The van der Waals surface area contributed by atoms with E-state index < -0.39 is 12.1 Å². The summed E-state index contributed by atoms with van der Waals surface area (Å²) in [7, 11) is 0. The Labute approximate surface area is 117 Å². The van der Waals surface area contributed by atoms with E-state index in [0.29, 0.717) is 25.1 Å². The van der Waals surface area contributed by atoms with E-state index in [4.69, 9.17) is 11.6 Å². The van der Waals surface area contributed by atoms with Crippen LogP contribution in [0, 0.1) is 11.8 Å². The molecule has 1 unspecified atom stereocenters. The molecule has 1 fully saturated rings. The highest BCUT2D eigenvalue weighted by molar-refractivity contribution is 6.17. The molecule has 0 radical (unpaired) electrons. The lowest BCUT2D eigenvalue weighted by atomic mass is 9.81. The molecule has 0 heterocycles. The Hall–Kier alpha value is -0.450. The standard InChI is InChI=1S/C13H21ClF3NO/c1-2-11(7-8-14)18-12(19)9-3-5-10(6-4-9)13(15,16)17/h9-11H,2-8H2,1H3,(H,18,19). The van der Waals surface area contributed by atoms with Gasteiger partial charge in [0.05, 0.1) is 5.92 Å². The number of alkyl halides is 4. The lowest BCUT2D eigenvalue weighted by Gasteiger charge is -2.30. The van der Waals surface area contributed by atoms with Gasteiger partial charge in [0.1, 0.15) is 0 Å². The molecule has 0 aromatic carbocycles. The van der Waals surface area contributed by atoms with Crippen molar-refractivity contribution in [2.24, 2.45) is 11.8 Å². The number of rotatable bonds is 5. The summed E-state index contributed by atoms with van der Waals surface area (Å²) in [6.07, 6.45) is -1.85. The van der Waals surface area contributed by atoms with Crippen LogP contribution in [0.2, 0.25) is 0 Å². The van der Waals surface area contributed by atoms with Crippen LogP contribution in [-0.4, -0.2) is 24.0 Å². The fraction of sp³-hybridized carbons (Fsp3) is 0.923. The number of hydrogen-bond acceptors (Lipinski definition) is 1. The maximum atomic E-state index is 12.5. The average Bonchev–Trinajstić information content (AvgIpc) is 2.37. The molecule has 0 saturated heterocycles. The highest BCUT2D eigenvalue weighted by Crippen LogP contribution is 2.39. The third kappa shape index (κ3) is 5.21. The molecule has 1 N–H and O–H groups in total. The molecule has 19 heavy (non-hydrogen) atoms. The van der Waals surface area contributed by atoms with Crippen LogP contribution in [0.25, 0.3) is 0 Å². The molecule has 6 heteroatoms. The highest BCUT2D eigenvalue weighted by atomic mass is 35.5. The molecule has 0 aromatic rings. The molecule has 0 spiro atoms. The van der Waals surface area contributed by atoms with Crippen molar-refractivity contribution < 1.29 is 18.0 Å². The Morgan fingerprint density at radius 1 is 1.32 bits per heavy atom. The van der Waals surface area contributed by atoms with Crippen molar-refractivity contribution in [1.29, 1.82) is 0 Å². The van der Waals surface area contributed by atoms with Gasteiger partial charge in [-0.25, -0.2) is 0 Å². The van der Waals surface area contributed by atoms with Crippen molar-refractivity contribution in [1.82, 2.24) is 5.32 Å². The number of carbonyl (C=O) groups excluding carboxylic acids is 1. The number of amides is 1. The van der Waals surface area contributed by atoms with Crippen LogP contribution < -0.4 is 5.32 Å². The molecule has 0 aliphatic heterocycles. The van der Waals surface area contributed by atoms with Crippen LogP contribution in [0.1, 0.15) is 45.4 Å². The molecule has 1 aliphatic rings. The van der Waals surface area contributed by atoms with Crippen LogP contribution in [0.4, 0.5) is 13.2 Å². The number of halogens is 4. The molecule has 0 aromatic heterocycles. The van der Waals surface area contributed by atoms with Gasteiger partial charge in [0.25, 0.3) is 0 Å². The third-order valence-electron chi connectivity index (χ3n) is 3.86. The molecule has 2 nitrogen and oxygen atoms in total. The minimum Gasteiger partial charge on any atom is -0.353 e. The van der Waals surface area contributed by atoms with Gasteiger partial charge in [-0.15, -0.1) is 11.6 Å². The highest BCUT2D eigenvalue weighted by Gasteiger charge is 2.42. The van der Waals surface area contributed by atoms with Crippen LogP contribution in [0.3, 0.4) is 0 Å². The topological polar surface area (TPSA) is 29.1 Å². The third-order valence-corrected chi connectivity index (χ3v) is 4.08. The van der Waals surface area contributed by atoms with E-state index in [-0.39, 0.29) is 30.7 Å². The largest absolute Gasteiger partial charge is 0.391 e. The van der Waals surface area contributed by atoms with Crippen molar-refractivity contribution in [3.8, 4) is 0 Å². The fourth-order valence-corrected chi connectivity index (χ4v) is 2.78. The average molecular weight is 300 g/mol. The van der Waals surface area contributed by atoms with Gasteiger partial charge in [-0.3, -0.25) is 4.79 Å². The first-order valence-electron chi connectivity index (χ1n) is 6.81. The minimum atomic E-state index is -4.12. The predicted octanol–water partition coefficient (Wildman–Crippen LogP) is 3.88. The second-order valence-electron chi connectivity index (χ2n) is 5.18. The Kier molecular flexibility index (Phi) is 6.43. The van der Waals surface area contributed by atoms with Crippen LogP contribution >= 0.6 is 11.6 Å². The predicted molar refractivity (Wildman–Crippen MR) is 69.1 cm³/mol. The molecule has 112 valence electrons. The zero-order valence-electron chi connectivity index (χ0n) is 11.1. The minimum absolute atomic E-state index is 0.0327. The van der Waals surface area contributed by atoms with E-state index in [1.165, 1.54) is 0 Å². The van der Waals surface area contributed by atoms with Crippen molar-refractivity contribution in [3.05, 3.63) is 0 Å². The maximum absolute atomic E-state index is 12.5. The van der Waals surface area contributed by atoms with Gasteiger partial charge in [-0.2, -0.15) is 13.2 Å². The monoisotopic (exact) mass is 299 g/mol. The summed E-state index contributed by atoms with van der Waals surface area (Å²) in [4.78, 5) is 12.0. The summed E-state index contributed by atoms with van der Waals surface area (Å²) in [5.41, 5.74) is 0. The fourth-order valence-electron chi connectivity index (χ4n) is 2.51. The summed E-state index contributed by atoms with van der Waals surface area (Å²) >= 11 is 5.64. The van der Waals surface area contributed by atoms with Gasteiger partial charge in [0.2, 0.25) is 5.91 Å².